The fourth-order valence-corrected chi connectivity index (χ4v) is 2.44. The maximum Gasteiger partial charge on any atom is 0.336 e. The minimum atomic E-state index is 0.275. The smallest absolute Gasteiger partial charge is 0.336 e. The van der Waals surface area contributed by atoms with E-state index in [1.165, 1.54) is 0 Å². The molecule has 0 radical (unpaired) electrons. The van der Waals surface area contributed by atoms with Crippen LogP contribution in [0, 0.1) is 0 Å². The van der Waals surface area contributed by atoms with Crippen molar-refractivity contribution in [2.45, 2.75) is 0 Å². The molecule has 3 aromatic rings. The molecule has 0 amide bonds. The van der Waals surface area contributed by atoms with E-state index in [1.807, 2.05) is 36.4 Å². The molecular weight excluding hydrogens is 349 g/mol. The third-order valence-electron chi connectivity index (χ3n) is 3.28. The van der Waals surface area contributed by atoms with Gasteiger partial charge in [-0.3, -0.25) is 0 Å². The second kappa shape index (κ2) is 7.66. The van der Waals surface area contributed by atoms with Gasteiger partial charge in [0.1, 0.15) is 6.61 Å². The molecule has 0 spiro atoms. The average molecular weight is 364 g/mol. The van der Waals surface area contributed by atoms with Crippen LogP contribution in [0.3, 0.4) is 0 Å². The molecule has 0 saturated carbocycles. The summed E-state index contributed by atoms with van der Waals surface area (Å²) in [5.74, 6) is 0.618. The maximum atomic E-state index is 6.13. The highest BCUT2D eigenvalue weighted by Crippen LogP contribution is 2.29. The highest BCUT2D eigenvalue weighted by atomic mass is 35.5. The summed E-state index contributed by atoms with van der Waals surface area (Å²) in [6.45, 7) is 0.831. The van der Waals surface area contributed by atoms with Gasteiger partial charge in [0, 0.05) is 12.7 Å². The zero-order chi connectivity index (χ0) is 16.9. The summed E-state index contributed by atoms with van der Waals surface area (Å²) in [5.41, 5.74) is 1.66. The minimum absolute atomic E-state index is 0.275. The molecule has 0 bridgehead atoms. The van der Waals surface area contributed by atoms with Crippen LogP contribution in [-0.2, 0) is 4.74 Å². The Balaban J connectivity index is 2.03. The van der Waals surface area contributed by atoms with Crippen LogP contribution in [-0.4, -0.2) is 35.1 Å². The predicted molar refractivity (Wildman–Crippen MR) is 94.2 cm³/mol. The first-order chi connectivity index (χ1) is 11.7. The monoisotopic (exact) mass is 363 g/mol. The van der Waals surface area contributed by atoms with Crippen LogP contribution in [0.4, 0.5) is 0 Å². The number of para-hydroxylation sites is 1. The van der Waals surface area contributed by atoms with Gasteiger partial charge < -0.3 is 9.47 Å². The molecule has 0 aliphatic rings. The van der Waals surface area contributed by atoms with Gasteiger partial charge in [0.15, 0.2) is 5.82 Å². The summed E-state index contributed by atoms with van der Waals surface area (Å²) in [7, 11) is 1.61. The van der Waals surface area contributed by atoms with Crippen LogP contribution in [0.1, 0.15) is 0 Å². The van der Waals surface area contributed by atoms with Gasteiger partial charge >= 0.3 is 6.01 Å². The largest absolute Gasteiger partial charge is 0.460 e. The molecule has 124 valence electrons. The molecule has 0 aliphatic carbocycles. The van der Waals surface area contributed by atoms with Crippen LogP contribution in [0.5, 0.6) is 6.01 Å². The molecule has 3 rings (SSSR count). The fourth-order valence-electron chi connectivity index (χ4n) is 2.14. The Bertz CT molecular complexity index is 822. The summed E-state index contributed by atoms with van der Waals surface area (Å²) in [5, 5.41) is 5.38. The van der Waals surface area contributed by atoms with Gasteiger partial charge in [-0.05, 0) is 30.3 Å². The molecule has 1 aromatic heterocycles. The lowest BCUT2D eigenvalue weighted by Crippen LogP contribution is -2.05. The number of benzene rings is 2. The lowest BCUT2D eigenvalue weighted by Gasteiger charge is -2.06. The Morgan fingerprint density at radius 1 is 1.00 bits per heavy atom. The SMILES string of the molecule is COCCOc1nc(-c2ccc(Cl)c(Cl)c2)n(-c2ccccc2)n1. The number of rotatable bonds is 6. The molecule has 24 heavy (non-hydrogen) atoms. The van der Waals surface area contributed by atoms with E-state index in [-0.39, 0.29) is 6.01 Å². The summed E-state index contributed by atoms with van der Waals surface area (Å²) in [6.07, 6.45) is 0. The minimum Gasteiger partial charge on any atom is -0.460 e. The van der Waals surface area contributed by atoms with Gasteiger partial charge in [-0.2, -0.15) is 4.98 Å². The molecule has 1 heterocycles. The number of hydrogen-bond acceptors (Lipinski definition) is 4. The third kappa shape index (κ3) is 3.70. The van der Waals surface area contributed by atoms with Crippen molar-refractivity contribution in [3.8, 4) is 23.1 Å². The molecule has 2 aromatic carbocycles. The standard InChI is InChI=1S/C17H15Cl2N3O2/c1-23-9-10-24-17-20-16(12-7-8-14(18)15(19)11-12)22(21-17)13-5-3-2-4-6-13/h2-8,11H,9-10H2,1H3. The van der Waals surface area contributed by atoms with Crippen molar-refractivity contribution >= 4 is 23.2 Å². The van der Waals surface area contributed by atoms with Crippen LogP contribution in [0.25, 0.3) is 17.1 Å². The van der Waals surface area contributed by atoms with E-state index in [1.54, 1.807) is 23.9 Å². The number of aromatic nitrogens is 3. The molecule has 0 fully saturated rings. The number of halogens is 2. The van der Waals surface area contributed by atoms with E-state index in [9.17, 15) is 0 Å². The Labute approximate surface area is 149 Å². The summed E-state index contributed by atoms with van der Waals surface area (Å²) < 4.78 is 12.2. The normalized spacial score (nSPS) is 10.8. The van der Waals surface area contributed by atoms with Gasteiger partial charge in [-0.25, -0.2) is 4.68 Å². The van der Waals surface area contributed by atoms with Crippen molar-refractivity contribution < 1.29 is 9.47 Å². The summed E-state index contributed by atoms with van der Waals surface area (Å²) >= 11 is 12.1. The number of methoxy groups -OCH3 is 1. The van der Waals surface area contributed by atoms with Gasteiger partial charge in [0.25, 0.3) is 0 Å². The van der Waals surface area contributed by atoms with Crippen molar-refractivity contribution in [3.63, 3.8) is 0 Å². The summed E-state index contributed by atoms with van der Waals surface area (Å²) in [6, 6.07) is 15.3. The van der Waals surface area contributed by atoms with E-state index < -0.39 is 0 Å². The lowest BCUT2D eigenvalue weighted by atomic mass is 10.2. The van der Waals surface area contributed by atoms with Gasteiger partial charge in [-0.15, -0.1) is 5.10 Å². The highest BCUT2D eigenvalue weighted by Gasteiger charge is 2.15. The zero-order valence-electron chi connectivity index (χ0n) is 12.9. The molecule has 0 unspecified atom stereocenters. The van der Waals surface area contributed by atoms with E-state index in [0.29, 0.717) is 29.1 Å². The predicted octanol–water partition coefficient (Wildman–Crippen LogP) is 4.27. The average Bonchev–Trinajstić information content (AvgIpc) is 3.03. The Hall–Kier alpha value is -2.08. The molecule has 0 aliphatic heterocycles. The second-order valence-corrected chi connectivity index (χ2v) is 5.75. The lowest BCUT2D eigenvalue weighted by molar-refractivity contribution is 0.141. The molecule has 0 atom stereocenters. The van der Waals surface area contributed by atoms with Crippen molar-refractivity contribution in [2.24, 2.45) is 0 Å². The van der Waals surface area contributed by atoms with Crippen LogP contribution in [0.2, 0.25) is 10.0 Å². The molecule has 5 nitrogen and oxygen atoms in total. The first-order valence-electron chi connectivity index (χ1n) is 7.28. The molecule has 0 N–H and O–H groups in total. The fraction of sp³-hybridized carbons (Fsp3) is 0.176. The number of hydrogen-bond donors (Lipinski definition) is 0. The quantitative estimate of drug-likeness (QED) is 0.613. The van der Waals surface area contributed by atoms with E-state index >= 15 is 0 Å². The highest BCUT2D eigenvalue weighted by molar-refractivity contribution is 6.42. The van der Waals surface area contributed by atoms with Crippen LogP contribution >= 0.6 is 23.2 Å². The van der Waals surface area contributed by atoms with E-state index in [4.69, 9.17) is 32.7 Å². The molecular formula is C17H15Cl2N3O2. The molecule has 7 heteroatoms. The van der Waals surface area contributed by atoms with E-state index in [2.05, 4.69) is 10.1 Å². The van der Waals surface area contributed by atoms with Gasteiger partial charge in [-0.1, -0.05) is 41.4 Å². The third-order valence-corrected chi connectivity index (χ3v) is 4.02. The Morgan fingerprint density at radius 2 is 1.79 bits per heavy atom. The summed E-state index contributed by atoms with van der Waals surface area (Å²) in [4.78, 5) is 4.47. The van der Waals surface area contributed by atoms with E-state index in [0.717, 1.165) is 11.3 Å². The number of ether oxygens (including phenoxy) is 2. The first-order valence-corrected chi connectivity index (χ1v) is 8.04. The van der Waals surface area contributed by atoms with Crippen molar-refractivity contribution in [2.75, 3.05) is 20.3 Å². The van der Waals surface area contributed by atoms with Crippen LogP contribution < -0.4 is 4.74 Å². The maximum absolute atomic E-state index is 6.13. The number of nitrogens with zero attached hydrogens (tertiary/aromatic N) is 3. The van der Waals surface area contributed by atoms with Crippen molar-refractivity contribution in [1.29, 1.82) is 0 Å². The zero-order valence-corrected chi connectivity index (χ0v) is 14.5. The second-order valence-electron chi connectivity index (χ2n) is 4.94. The van der Waals surface area contributed by atoms with Crippen molar-refractivity contribution in [3.05, 3.63) is 58.6 Å². The Kier molecular flexibility index (Phi) is 5.35. The van der Waals surface area contributed by atoms with Crippen molar-refractivity contribution in [1.82, 2.24) is 14.8 Å². The first kappa shape index (κ1) is 16.8. The van der Waals surface area contributed by atoms with Gasteiger partial charge in [0.05, 0.1) is 22.3 Å². The van der Waals surface area contributed by atoms with Gasteiger partial charge in [0.2, 0.25) is 0 Å². The Morgan fingerprint density at radius 3 is 2.50 bits per heavy atom. The molecule has 0 saturated heterocycles. The van der Waals surface area contributed by atoms with Crippen LogP contribution in [0.15, 0.2) is 48.5 Å². The topological polar surface area (TPSA) is 49.2 Å².